The summed E-state index contributed by atoms with van der Waals surface area (Å²) < 4.78 is 41.7. The van der Waals surface area contributed by atoms with Crippen LogP contribution in [0.5, 0.6) is 0 Å². The number of halogens is 4. The minimum atomic E-state index is -4.87. The van der Waals surface area contributed by atoms with Crippen molar-refractivity contribution in [2.24, 2.45) is 0 Å². The first-order valence-corrected chi connectivity index (χ1v) is 7.36. The number of aliphatic hydroxyl groups is 1. The van der Waals surface area contributed by atoms with E-state index in [1.807, 2.05) is 0 Å². The first-order valence-electron chi connectivity index (χ1n) is 6.98. The van der Waals surface area contributed by atoms with Gasteiger partial charge in [-0.05, 0) is 42.3 Å². The largest absolute Gasteiger partial charge is 0.422 e. The molecule has 0 spiro atoms. The molecule has 0 bridgehead atoms. The molecular formula is C17H17ClF3NO. The van der Waals surface area contributed by atoms with Crippen LogP contribution in [-0.4, -0.2) is 16.3 Å². The van der Waals surface area contributed by atoms with Crippen molar-refractivity contribution >= 4 is 11.6 Å². The molecule has 2 nitrogen and oxygen atoms in total. The van der Waals surface area contributed by atoms with Crippen LogP contribution in [-0.2, 0) is 11.0 Å². The molecule has 0 amide bonds. The van der Waals surface area contributed by atoms with Gasteiger partial charge in [-0.1, -0.05) is 37.6 Å². The van der Waals surface area contributed by atoms with Crippen molar-refractivity contribution < 1.29 is 18.3 Å². The summed E-state index contributed by atoms with van der Waals surface area (Å²) in [4.78, 5) is 3.91. The zero-order valence-electron chi connectivity index (χ0n) is 12.9. The van der Waals surface area contributed by atoms with Crippen molar-refractivity contribution in [2.75, 3.05) is 0 Å². The lowest BCUT2D eigenvalue weighted by Gasteiger charge is -2.44. The highest BCUT2D eigenvalue weighted by molar-refractivity contribution is 6.30. The fourth-order valence-electron chi connectivity index (χ4n) is 2.72. The van der Waals surface area contributed by atoms with Crippen molar-refractivity contribution in [1.82, 2.24) is 4.98 Å². The molecular weight excluding hydrogens is 327 g/mol. The molecule has 0 radical (unpaired) electrons. The van der Waals surface area contributed by atoms with Gasteiger partial charge in [-0.15, -0.1) is 0 Å². The van der Waals surface area contributed by atoms with E-state index in [2.05, 4.69) is 4.98 Å². The van der Waals surface area contributed by atoms with Gasteiger partial charge in [0.2, 0.25) is 0 Å². The molecule has 1 N–H and O–H groups in total. The Bertz CT molecular complexity index is 698. The van der Waals surface area contributed by atoms with Gasteiger partial charge in [-0.3, -0.25) is 4.98 Å². The van der Waals surface area contributed by atoms with Crippen molar-refractivity contribution in [2.45, 2.75) is 38.0 Å². The maximum Gasteiger partial charge on any atom is 0.422 e. The Morgan fingerprint density at radius 3 is 2.04 bits per heavy atom. The van der Waals surface area contributed by atoms with Crippen LogP contribution in [0.3, 0.4) is 0 Å². The Balaban J connectivity index is 2.69. The average molecular weight is 344 g/mol. The summed E-state index contributed by atoms with van der Waals surface area (Å²) in [5.74, 6) is 0. The number of hydrogen-bond acceptors (Lipinski definition) is 2. The van der Waals surface area contributed by atoms with Crippen molar-refractivity contribution in [1.29, 1.82) is 0 Å². The number of hydrogen-bond donors (Lipinski definition) is 1. The molecule has 0 fully saturated rings. The van der Waals surface area contributed by atoms with Crippen molar-refractivity contribution in [3.8, 4) is 0 Å². The Morgan fingerprint density at radius 2 is 1.57 bits per heavy atom. The quantitative estimate of drug-likeness (QED) is 0.870. The van der Waals surface area contributed by atoms with E-state index < -0.39 is 17.2 Å². The van der Waals surface area contributed by atoms with Gasteiger partial charge in [0.15, 0.2) is 5.60 Å². The van der Waals surface area contributed by atoms with Crippen LogP contribution in [0.15, 0.2) is 42.6 Å². The highest BCUT2D eigenvalue weighted by Gasteiger charge is 2.63. The normalized spacial score (nSPS) is 15.3. The van der Waals surface area contributed by atoms with E-state index in [4.69, 9.17) is 11.6 Å². The van der Waals surface area contributed by atoms with Gasteiger partial charge < -0.3 is 5.11 Å². The van der Waals surface area contributed by atoms with Crippen LogP contribution >= 0.6 is 11.6 Å². The molecule has 1 aromatic carbocycles. The van der Waals surface area contributed by atoms with Crippen LogP contribution in [0.2, 0.25) is 5.02 Å². The monoisotopic (exact) mass is 343 g/mol. The van der Waals surface area contributed by atoms with Crippen LogP contribution in [0.25, 0.3) is 0 Å². The average Bonchev–Trinajstić information content (AvgIpc) is 2.45. The third kappa shape index (κ3) is 2.95. The fraction of sp³-hybridized carbons (Fsp3) is 0.353. The molecule has 23 heavy (non-hydrogen) atoms. The second-order valence-electron chi connectivity index (χ2n) is 6.03. The summed E-state index contributed by atoms with van der Waals surface area (Å²) in [6.45, 7) is 4.30. The van der Waals surface area contributed by atoms with E-state index in [1.165, 1.54) is 56.4 Å². The van der Waals surface area contributed by atoms with E-state index in [0.29, 0.717) is 16.3 Å². The molecule has 0 aliphatic heterocycles. The zero-order chi connectivity index (χ0) is 17.5. The smallest absolute Gasteiger partial charge is 0.376 e. The summed E-state index contributed by atoms with van der Waals surface area (Å²) in [5, 5.41) is 11.2. The van der Waals surface area contributed by atoms with Gasteiger partial charge in [0.1, 0.15) is 0 Å². The number of aromatic nitrogens is 1. The lowest BCUT2D eigenvalue weighted by atomic mass is 9.66. The second kappa shape index (κ2) is 5.80. The first kappa shape index (κ1) is 17.8. The Labute approximate surface area is 137 Å². The number of nitrogens with zero attached hydrogens (tertiary/aromatic N) is 1. The topological polar surface area (TPSA) is 33.1 Å². The van der Waals surface area contributed by atoms with Crippen molar-refractivity contribution in [3.63, 3.8) is 0 Å². The lowest BCUT2D eigenvalue weighted by molar-refractivity contribution is -0.290. The number of aryl methyl sites for hydroxylation is 1. The van der Waals surface area contributed by atoms with Crippen LogP contribution in [0.1, 0.15) is 30.7 Å². The molecule has 1 heterocycles. The first-order chi connectivity index (χ1) is 10.5. The second-order valence-corrected chi connectivity index (χ2v) is 6.46. The Hall–Kier alpha value is -1.59. The summed E-state index contributed by atoms with van der Waals surface area (Å²) in [6, 6.07) is 8.45. The maximum atomic E-state index is 13.9. The molecule has 1 aromatic heterocycles. The van der Waals surface area contributed by atoms with Crippen LogP contribution in [0.4, 0.5) is 13.2 Å². The molecule has 1 atom stereocenters. The van der Waals surface area contributed by atoms with E-state index in [9.17, 15) is 18.3 Å². The van der Waals surface area contributed by atoms with Gasteiger partial charge in [-0.25, -0.2) is 0 Å². The van der Waals surface area contributed by atoms with E-state index in [0.717, 1.165) is 0 Å². The number of benzene rings is 1. The molecule has 124 valence electrons. The van der Waals surface area contributed by atoms with Gasteiger partial charge in [-0.2, -0.15) is 13.2 Å². The number of pyridine rings is 1. The molecule has 2 rings (SSSR count). The molecule has 0 aliphatic carbocycles. The van der Waals surface area contributed by atoms with Crippen LogP contribution in [0, 0.1) is 6.92 Å². The minimum absolute atomic E-state index is 0.238. The molecule has 2 aromatic rings. The van der Waals surface area contributed by atoms with Gasteiger partial charge in [0.05, 0.1) is 0 Å². The predicted molar refractivity (Wildman–Crippen MR) is 83.4 cm³/mol. The molecule has 0 saturated heterocycles. The lowest BCUT2D eigenvalue weighted by Crippen LogP contribution is -2.55. The summed E-state index contributed by atoms with van der Waals surface area (Å²) >= 11 is 5.81. The van der Waals surface area contributed by atoms with Gasteiger partial charge >= 0.3 is 6.18 Å². The number of alkyl halides is 3. The highest BCUT2D eigenvalue weighted by atomic mass is 35.5. The molecule has 6 heteroatoms. The summed E-state index contributed by atoms with van der Waals surface area (Å²) in [6.07, 6.45) is -3.61. The summed E-state index contributed by atoms with van der Waals surface area (Å²) in [5.41, 5.74) is -4.21. The predicted octanol–water partition coefficient (Wildman–Crippen LogP) is 4.77. The standard InChI is InChI=1S/C17H17ClF3NO/c1-11-10-13(8-9-22-11)16(23,17(19,20)21)15(2,3)12-4-6-14(18)7-5-12/h4-10,23H,1-3H3. The molecule has 0 saturated carbocycles. The minimum Gasteiger partial charge on any atom is -0.376 e. The fourth-order valence-corrected chi connectivity index (χ4v) is 2.85. The maximum absolute atomic E-state index is 13.9. The van der Waals surface area contributed by atoms with Gasteiger partial charge in [0, 0.05) is 22.3 Å². The SMILES string of the molecule is Cc1cc(C(O)(C(F)(F)F)C(C)(C)c2ccc(Cl)cc2)ccn1. The third-order valence-corrected chi connectivity index (χ3v) is 4.45. The van der Waals surface area contributed by atoms with Gasteiger partial charge in [0.25, 0.3) is 0 Å². The molecule has 0 aliphatic rings. The Morgan fingerprint density at radius 1 is 1.00 bits per heavy atom. The molecule has 1 unspecified atom stereocenters. The van der Waals surface area contributed by atoms with Crippen molar-refractivity contribution in [3.05, 3.63) is 64.4 Å². The van der Waals surface area contributed by atoms with E-state index in [-0.39, 0.29) is 5.56 Å². The zero-order valence-corrected chi connectivity index (χ0v) is 13.7. The summed E-state index contributed by atoms with van der Waals surface area (Å²) in [7, 11) is 0. The van der Waals surface area contributed by atoms with E-state index >= 15 is 0 Å². The van der Waals surface area contributed by atoms with Crippen LogP contribution < -0.4 is 0 Å². The number of rotatable bonds is 3. The van der Waals surface area contributed by atoms with E-state index in [1.54, 1.807) is 6.92 Å². The Kier molecular flexibility index (Phi) is 4.48. The third-order valence-electron chi connectivity index (χ3n) is 4.20. The highest BCUT2D eigenvalue weighted by Crippen LogP contribution is 2.52.